The van der Waals surface area contributed by atoms with E-state index < -0.39 is 5.89 Å². The average molecular weight is 396 g/mol. The van der Waals surface area contributed by atoms with E-state index >= 15 is 0 Å². The molecule has 2 aliphatic heterocycles. The van der Waals surface area contributed by atoms with Gasteiger partial charge in [-0.1, -0.05) is 87.5 Å². The quantitative estimate of drug-likeness (QED) is 0.458. The van der Waals surface area contributed by atoms with E-state index in [9.17, 15) is 1.37 Å². The number of anilines is 2. The number of aryl methyl sites for hydroxylation is 1. The summed E-state index contributed by atoms with van der Waals surface area (Å²) in [6.07, 6.45) is 0.0840. The standard InChI is InChI=1S/C28H30N2/c1-19-13-9-11-17-23(19)29-20(2)26-25(21-14-7-6-8-15-21)22-16-10-12-18-24(22)30(26)27(29)28(3,4)5/h6-18,25,27H,1-5H3/i25D. The molecule has 2 atom stereocenters. The highest BCUT2D eigenvalue weighted by atomic mass is 15.4. The van der Waals surface area contributed by atoms with E-state index in [1.54, 1.807) is 0 Å². The summed E-state index contributed by atoms with van der Waals surface area (Å²) in [6, 6.07) is 27.4. The van der Waals surface area contributed by atoms with Crippen LogP contribution in [0.1, 0.15) is 51.7 Å². The van der Waals surface area contributed by atoms with Crippen LogP contribution in [0.3, 0.4) is 0 Å². The third-order valence-corrected chi connectivity index (χ3v) is 6.32. The summed E-state index contributed by atoms with van der Waals surface area (Å²) < 4.78 is 9.94. The summed E-state index contributed by atoms with van der Waals surface area (Å²) in [5.74, 6) is -0.942. The summed E-state index contributed by atoms with van der Waals surface area (Å²) >= 11 is 0. The minimum Gasteiger partial charge on any atom is -0.322 e. The average Bonchev–Trinajstić information content (AvgIpc) is 3.21. The number of nitrogens with zero attached hydrogens (tertiary/aromatic N) is 2. The second kappa shape index (κ2) is 6.77. The lowest BCUT2D eigenvalue weighted by atomic mass is 9.89. The SMILES string of the molecule is [2H]C1(c2ccccc2)C2=C(C)N(c3ccccc3C)C(C(C)(C)C)N2c2ccccc21. The summed E-state index contributed by atoms with van der Waals surface area (Å²) in [6.45, 7) is 11.3. The molecule has 0 saturated heterocycles. The maximum atomic E-state index is 9.94. The van der Waals surface area contributed by atoms with Crippen LogP contribution in [0.25, 0.3) is 0 Å². The van der Waals surface area contributed by atoms with Crippen LogP contribution < -0.4 is 9.80 Å². The molecule has 2 nitrogen and oxygen atoms in total. The minimum atomic E-state index is -0.942. The van der Waals surface area contributed by atoms with Gasteiger partial charge in [0.25, 0.3) is 0 Å². The Morgan fingerprint density at radius 1 is 0.733 bits per heavy atom. The molecule has 5 rings (SSSR count). The largest absolute Gasteiger partial charge is 0.322 e. The summed E-state index contributed by atoms with van der Waals surface area (Å²) in [5, 5.41) is 0. The van der Waals surface area contributed by atoms with Gasteiger partial charge in [-0.05, 0) is 42.7 Å². The van der Waals surface area contributed by atoms with Crippen molar-refractivity contribution in [2.75, 3.05) is 9.80 Å². The van der Waals surface area contributed by atoms with Crippen molar-refractivity contribution in [3.8, 4) is 0 Å². The van der Waals surface area contributed by atoms with Gasteiger partial charge in [0.15, 0.2) is 0 Å². The Morgan fingerprint density at radius 3 is 2.00 bits per heavy atom. The smallest absolute Gasteiger partial charge is 0.115 e. The maximum Gasteiger partial charge on any atom is 0.115 e. The molecule has 3 aromatic rings. The summed E-state index contributed by atoms with van der Waals surface area (Å²) in [7, 11) is 0. The topological polar surface area (TPSA) is 6.48 Å². The molecule has 2 aliphatic rings. The highest BCUT2D eigenvalue weighted by molar-refractivity contribution is 5.79. The van der Waals surface area contributed by atoms with E-state index in [0.29, 0.717) is 0 Å². The molecule has 0 aliphatic carbocycles. The van der Waals surface area contributed by atoms with Crippen molar-refractivity contribution in [3.05, 3.63) is 107 Å². The van der Waals surface area contributed by atoms with Crippen molar-refractivity contribution in [3.63, 3.8) is 0 Å². The van der Waals surface area contributed by atoms with E-state index in [1.807, 2.05) is 18.2 Å². The minimum absolute atomic E-state index is 0.0413. The van der Waals surface area contributed by atoms with Crippen LogP contribution in [0.5, 0.6) is 0 Å². The Kier molecular flexibility index (Phi) is 4.02. The van der Waals surface area contributed by atoms with Crippen LogP contribution >= 0.6 is 0 Å². The fraction of sp³-hybridized carbons (Fsp3) is 0.286. The van der Waals surface area contributed by atoms with Crippen LogP contribution in [-0.2, 0) is 0 Å². The third-order valence-electron chi connectivity index (χ3n) is 6.32. The Morgan fingerprint density at radius 2 is 1.33 bits per heavy atom. The molecular formula is C28H30N2. The number of fused-ring (bicyclic) bond motifs is 3. The lowest BCUT2D eigenvalue weighted by Crippen LogP contribution is -2.49. The Bertz CT molecular complexity index is 1170. The number of allylic oxidation sites excluding steroid dienone is 2. The lowest BCUT2D eigenvalue weighted by Gasteiger charge is -2.42. The van der Waals surface area contributed by atoms with Crippen LogP contribution in [0.15, 0.2) is 90.3 Å². The molecule has 0 aromatic heterocycles. The van der Waals surface area contributed by atoms with E-state index in [1.165, 1.54) is 11.3 Å². The van der Waals surface area contributed by atoms with Gasteiger partial charge in [-0.15, -0.1) is 0 Å². The molecule has 0 bridgehead atoms. The molecular weight excluding hydrogens is 364 g/mol. The van der Waals surface area contributed by atoms with E-state index in [0.717, 1.165) is 28.2 Å². The Balaban J connectivity index is 1.84. The van der Waals surface area contributed by atoms with E-state index in [4.69, 9.17) is 0 Å². The van der Waals surface area contributed by atoms with Crippen LogP contribution in [0.4, 0.5) is 11.4 Å². The van der Waals surface area contributed by atoms with Crippen LogP contribution in [0, 0.1) is 12.3 Å². The highest BCUT2D eigenvalue weighted by Crippen LogP contribution is 2.56. The summed E-state index contributed by atoms with van der Waals surface area (Å²) in [5.41, 5.74) is 7.88. The lowest BCUT2D eigenvalue weighted by molar-refractivity contribution is 0.323. The second-order valence-corrected chi connectivity index (χ2v) is 9.46. The fourth-order valence-electron chi connectivity index (χ4n) is 5.10. The first-order chi connectivity index (χ1) is 14.8. The molecule has 2 heterocycles. The first-order valence-corrected chi connectivity index (χ1v) is 10.8. The zero-order valence-electron chi connectivity index (χ0n) is 19.5. The normalized spacial score (nSPS) is 23.5. The number of benzene rings is 3. The van der Waals surface area contributed by atoms with Gasteiger partial charge < -0.3 is 9.80 Å². The van der Waals surface area contributed by atoms with Crippen molar-refractivity contribution in [2.45, 2.75) is 46.7 Å². The Labute approximate surface area is 181 Å². The van der Waals surface area contributed by atoms with Gasteiger partial charge >= 0.3 is 0 Å². The fourth-order valence-corrected chi connectivity index (χ4v) is 5.10. The van der Waals surface area contributed by atoms with Gasteiger partial charge in [0.05, 0.1) is 11.6 Å². The van der Waals surface area contributed by atoms with E-state index in [-0.39, 0.29) is 11.6 Å². The van der Waals surface area contributed by atoms with Gasteiger partial charge in [-0.2, -0.15) is 0 Å². The van der Waals surface area contributed by atoms with Crippen molar-refractivity contribution < 1.29 is 1.37 Å². The molecule has 0 fully saturated rings. The van der Waals surface area contributed by atoms with Gasteiger partial charge in [-0.3, -0.25) is 0 Å². The predicted molar refractivity (Wildman–Crippen MR) is 127 cm³/mol. The van der Waals surface area contributed by atoms with Crippen molar-refractivity contribution in [1.82, 2.24) is 0 Å². The molecule has 0 N–H and O–H groups in total. The van der Waals surface area contributed by atoms with Crippen LogP contribution in [0.2, 0.25) is 0 Å². The van der Waals surface area contributed by atoms with Gasteiger partial charge in [-0.25, -0.2) is 0 Å². The van der Waals surface area contributed by atoms with Crippen LogP contribution in [-0.4, -0.2) is 6.17 Å². The summed E-state index contributed by atoms with van der Waals surface area (Å²) in [4.78, 5) is 4.91. The highest BCUT2D eigenvalue weighted by Gasteiger charge is 2.51. The van der Waals surface area contributed by atoms with Gasteiger partial charge in [0.2, 0.25) is 0 Å². The number of hydrogen-bond donors (Lipinski definition) is 0. The maximum absolute atomic E-state index is 9.94. The molecule has 30 heavy (non-hydrogen) atoms. The van der Waals surface area contributed by atoms with Gasteiger partial charge in [0.1, 0.15) is 6.17 Å². The van der Waals surface area contributed by atoms with Crippen molar-refractivity contribution >= 4 is 11.4 Å². The molecule has 0 radical (unpaired) electrons. The zero-order chi connectivity index (χ0) is 22.0. The molecule has 0 amide bonds. The molecule has 3 aromatic carbocycles. The third kappa shape index (κ3) is 2.70. The first kappa shape index (κ1) is 17.8. The second-order valence-electron chi connectivity index (χ2n) is 9.46. The molecule has 0 saturated carbocycles. The zero-order valence-corrected chi connectivity index (χ0v) is 18.5. The molecule has 152 valence electrons. The first-order valence-electron chi connectivity index (χ1n) is 11.3. The number of hydrogen-bond acceptors (Lipinski definition) is 2. The van der Waals surface area contributed by atoms with Crippen molar-refractivity contribution in [1.29, 1.82) is 0 Å². The number of para-hydroxylation sites is 2. The molecule has 0 spiro atoms. The Hall–Kier alpha value is -3.00. The van der Waals surface area contributed by atoms with Crippen molar-refractivity contribution in [2.24, 2.45) is 5.41 Å². The van der Waals surface area contributed by atoms with E-state index in [2.05, 4.69) is 105 Å². The van der Waals surface area contributed by atoms with Gasteiger partial charge in [0, 0.05) is 23.9 Å². The number of rotatable bonds is 2. The predicted octanol–water partition coefficient (Wildman–Crippen LogP) is 7.07. The molecule has 2 unspecified atom stereocenters. The molecule has 2 heteroatoms. The monoisotopic (exact) mass is 395 g/mol.